The minimum atomic E-state index is -1.04. The average molecular weight is 286 g/mol. The number of pyridine rings is 1. The van der Waals surface area contributed by atoms with Crippen LogP contribution in [0.2, 0.25) is 0 Å². The van der Waals surface area contributed by atoms with Gasteiger partial charge >= 0.3 is 5.97 Å². The summed E-state index contributed by atoms with van der Waals surface area (Å²) in [6.45, 7) is 0.362. The second-order valence-corrected chi connectivity index (χ2v) is 4.80. The second-order valence-electron chi connectivity index (χ2n) is 4.80. The Bertz CT molecular complexity index is 591. The van der Waals surface area contributed by atoms with E-state index >= 15 is 0 Å². The number of aromatic nitrogens is 1. The van der Waals surface area contributed by atoms with Crippen molar-refractivity contribution in [2.75, 3.05) is 11.9 Å². The fourth-order valence-corrected chi connectivity index (χ4v) is 2.14. The summed E-state index contributed by atoms with van der Waals surface area (Å²) < 4.78 is 0. The number of allylic oxidation sites excluding steroid dienone is 4. The molecule has 0 aromatic carbocycles. The van der Waals surface area contributed by atoms with E-state index in [2.05, 4.69) is 10.3 Å². The second kappa shape index (κ2) is 7.38. The van der Waals surface area contributed by atoms with Crippen LogP contribution in [0, 0.1) is 0 Å². The molecule has 21 heavy (non-hydrogen) atoms. The Morgan fingerprint density at radius 2 is 2.19 bits per heavy atom. The maximum atomic E-state index is 12.1. The lowest BCUT2D eigenvalue weighted by atomic mass is 10.1. The molecule has 1 aliphatic carbocycles. The Balaban J connectivity index is 1.91. The number of hydrogen-bond donors (Lipinski definition) is 2. The van der Waals surface area contributed by atoms with Crippen LogP contribution in [0.25, 0.3) is 0 Å². The molecule has 5 nitrogen and oxygen atoms in total. The minimum absolute atomic E-state index is 0.0634. The van der Waals surface area contributed by atoms with Crippen molar-refractivity contribution in [3.8, 4) is 0 Å². The first-order valence-electron chi connectivity index (χ1n) is 7.00. The number of carboxylic acid groups (broad SMARTS) is 1. The number of rotatable bonds is 6. The molecular formula is C16H18N2O3. The molecule has 0 radical (unpaired) electrons. The smallest absolute Gasteiger partial charge is 0.339 e. The van der Waals surface area contributed by atoms with E-state index < -0.39 is 5.97 Å². The lowest BCUT2D eigenvalue weighted by Crippen LogP contribution is -2.13. The number of carbonyl (C=O) groups is 2. The van der Waals surface area contributed by atoms with Gasteiger partial charge in [0.25, 0.3) is 0 Å². The molecule has 110 valence electrons. The Kier molecular flexibility index (Phi) is 5.26. The highest BCUT2D eigenvalue weighted by Crippen LogP contribution is 2.14. The van der Waals surface area contributed by atoms with Crippen LogP contribution in [-0.4, -0.2) is 28.4 Å². The molecule has 0 atom stereocenters. The van der Waals surface area contributed by atoms with E-state index in [1.807, 2.05) is 18.2 Å². The van der Waals surface area contributed by atoms with Gasteiger partial charge in [-0.3, -0.25) is 4.79 Å². The number of carboxylic acids is 1. The largest absolute Gasteiger partial charge is 0.478 e. The van der Waals surface area contributed by atoms with E-state index in [-0.39, 0.29) is 11.3 Å². The molecule has 0 fully saturated rings. The van der Waals surface area contributed by atoms with Gasteiger partial charge in [0.15, 0.2) is 5.78 Å². The molecule has 1 aromatic rings. The number of hydrogen-bond acceptors (Lipinski definition) is 4. The van der Waals surface area contributed by atoms with Crippen molar-refractivity contribution >= 4 is 17.6 Å². The highest BCUT2D eigenvalue weighted by molar-refractivity contribution is 5.98. The molecule has 0 amide bonds. The van der Waals surface area contributed by atoms with Crippen LogP contribution in [0.15, 0.2) is 42.1 Å². The molecule has 0 spiro atoms. The van der Waals surface area contributed by atoms with Crippen LogP contribution < -0.4 is 5.32 Å². The number of Topliss-reactive ketones (excluding diaryl/α,β-unsaturated/α-hetero) is 1. The van der Waals surface area contributed by atoms with E-state index in [4.69, 9.17) is 5.11 Å². The first kappa shape index (κ1) is 15.0. The van der Waals surface area contributed by atoms with Gasteiger partial charge in [-0.25, -0.2) is 9.78 Å². The normalized spacial score (nSPS) is 14.2. The van der Waals surface area contributed by atoms with Crippen molar-refractivity contribution in [2.24, 2.45) is 0 Å². The van der Waals surface area contributed by atoms with Gasteiger partial charge in [-0.1, -0.05) is 18.2 Å². The molecule has 2 rings (SSSR count). The highest BCUT2D eigenvalue weighted by atomic mass is 16.4. The van der Waals surface area contributed by atoms with Gasteiger partial charge in [0.1, 0.15) is 11.4 Å². The molecule has 0 bridgehead atoms. The molecule has 1 aromatic heterocycles. The van der Waals surface area contributed by atoms with Gasteiger partial charge in [0.05, 0.1) is 0 Å². The summed E-state index contributed by atoms with van der Waals surface area (Å²) in [5, 5.41) is 12.0. The fraction of sp³-hybridized carbons (Fsp3) is 0.312. The highest BCUT2D eigenvalue weighted by Gasteiger charge is 2.11. The third-order valence-corrected chi connectivity index (χ3v) is 3.24. The summed E-state index contributed by atoms with van der Waals surface area (Å²) in [6.07, 6.45) is 10.7. The molecular weight excluding hydrogens is 268 g/mol. The standard InChI is InChI=1S/C16H18N2O3/c19-14(12-6-3-1-2-4-7-12)9-11-18-15-13(16(20)21)8-5-10-17-15/h3,5-8,10H,1-2,4,9,11H2,(H,17,18)(H,20,21). The summed E-state index contributed by atoms with van der Waals surface area (Å²) in [5.74, 6) is -0.678. The number of anilines is 1. The van der Waals surface area contributed by atoms with E-state index in [0.29, 0.717) is 18.8 Å². The summed E-state index contributed by atoms with van der Waals surface area (Å²) in [7, 11) is 0. The number of ketones is 1. The van der Waals surface area contributed by atoms with Crippen LogP contribution in [0.3, 0.4) is 0 Å². The minimum Gasteiger partial charge on any atom is -0.478 e. The average Bonchev–Trinajstić information content (AvgIpc) is 2.76. The van der Waals surface area contributed by atoms with E-state index in [9.17, 15) is 9.59 Å². The molecule has 0 unspecified atom stereocenters. The zero-order valence-corrected chi connectivity index (χ0v) is 11.7. The summed E-state index contributed by atoms with van der Waals surface area (Å²) in [6, 6.07) is 3.05. The molecule has 5 heteroatoms. The van der Waals surface area contributed by atoms with Crippen LogP contribution in [0.4, 0.5) is 5.82 Å². The monoisotopic (exact) mass is 286 g/mol. The zero-order valence-electron chi connectivity index (χ0n) is 11.7. The first-order valence-corrected chi connectivity index (χ1v) is 7.00. The fourth-order valence-electron chi connectivity index (χ4n) is 2.14. The molecule has 2 N–H and O–H groups in total. The number of carbonyl (C=O) groups excluding carboxylic acids is 1. The number of nitrogens with zero attached hydrogens (tertiary/aromatic N) is 1. The topological polar surface area (TPSA) is 79.3 Å². The Labute approximate surface area is 123 Å². The summed E-state index contributed by atoms with van der Waals surface area (Å²) in [5.41, 5.74) is 0.854. The van der Waals surface area contributed by atoms with Crippen molar-refractivity contribution < 1.29 is 14.7 Å². The lowest BCUT2D eigenvalue weighted by Gasteiger charge is -2.08. The summed E-state index contributed by atoms with van der Waals surface area (Å²) in [4.78, 5) is 27.1. The third-order valence-electron chi connectivity index (χ3n) is 3.24. The molecule has 0 aliphatic heterocycles. The quantitative estimate of drug-likeness (QED) is 0.840. The maximum absolute atomic E-state index is 12.1. The van der Waals surface area contributed by atoms with Crippen LogP contribution in [-0.2, 0) is 4.79 Å². The molecule has 0 saturated heterocycles. The predicted octanol–water partition coefficient (Wildman–Crippen LogP) is 2.82. The van der Waals surface area contributed by atoms with Crippen LogP contribution in [0.1, 0.15) is 36.0 Å². The van der Waals surface area contributed by atoms with Gasteiger partial charge < -0.3 is 10.4 Å². The Morgan fingerprint density at radius 3 is 3.00 bits per heavy atom. The SMILES string of the molecule is O=C(CCNc1ncccc1C(=O)O)C1=CCCCC=C1. The predicted molar refractivity (Wildman–Crippen MR) is 80.4 cm³/mol. The van der Waals surface area contributed by atoms with E-state index in [1.54, 1.807) is 6.07 Å². The van der Waals surface area contributed by atoms with Gasteiger partial charge in [0.2, 0.25) is 0 Å². The molecule has 1 heterocycles. The van der Waals surface area contributed by atoms with Gasteiger partial charge in [-0.2, -0.15) is 0 Å². The first-order chi connectivity index (χ1) is 10.2. The number of aromatic carboxylic acids is 1. The molecule has 1 aliphatic rings. The zero-order chi connectivity index (χ0) is 15.1. The van der Waals surface area contributed by atoms with Crippen LogP contribution >= 0.6 is 0 Å². The van der Waals surface area contributed by atoms with Gasteiger partial charge in [-0.05, 0) is 31.4 Å². The van der Waals surface area contributed by atoms with E-state index in [0.717, 1.165) is 24.8 Å². The van der Waals surface area contributed by atoms with Crippen LogP contribution in [0.5, 0.6) is 0 Å². The maximum Gasteiger partial charge on any atom is 0.339 e. The summed E-state index contributed by atoms with van der Waals surface area (Å²) >= 11 is 0. The Morgan fingerprint density at radius 1 is 1.33 bits per heavy atom. The van der Waals surface area contributed by atoms with Crippen molar-refractivity contribution in [3.05, 3.63) is 47.7 Å². The van der Waals surface area contributed by atoms with Crippen molar-refractivity contribution in [3.63, 3.8) is 0 Å². The Hall–Kier alpha value is -2.43. The third kappa shape index (κ3) is 4.27. The lowest BCUT2D eigenvalue weighted by molar-refractivity contribution is -0.115. The van der Waals surface area contributed by atoms with Crippen molar-refractivity contribution in [2.45, 2.75) is 25.7 Å². The van der Waals surface area contributed by atoms with Gasteiger partial charge in [0, 0.05) is 24.7 Å². The van der Waals surface area contributed by atoms with Crippen molar-refractivity contribution in [1.29, 1.82) is 0 Å². The molecule has 0 saturated carbocycles. The van der Waals surface area contributed by atoms with Gasteiger partial charge in [-0.15, -0.1) is 0 Å². The van der Waals surface area contributed by atoms with Crippen molar-refractivity contribution in [1.82, 2.24) is 4.98 Å². The van der Waals surface area contributed by atoms with E-state index in [1.165, 1.54) is 12.3 Å². The number of nitrogens with one attached hydrogen (secondary N) is 1.